The van der Waals surface area contributed by atoms with E-state index in [0.29, 0.717) is 19.3 Å². The molecule has 0 aromatic heterocycles. The van der Waals surface area contributed by atoms with E-state index in [0.717, 1.165) is 77.0 Å². The average molecular weight is 1090 g/mol. The van der Waals surface area contributed by atoms with Gasteiger partial charge in [0.25, 0.3) is 0 Å². The quantitative estimate of drug-likeness (QED) is 0.0261. The minimum absolute atomic E-state index is 0.103. The van der Waals surface area contributed by atoms with Crippen molar-refractivity contribution < 1.29 is 28.6 Å². The van der Waals surface area contributed by atoms with Crippen molar-refractivity contribution in [1.29, 1.82) is 0 Å². The number of carbonyl (C=O) groups is 3. The minimum atomic E-state index is -0.812. The van der Waals surface area contributed by atoms with Gasteiger partial charge in [0, 0.05) is 19.3 Å². The van der Waals surface area contributed by atoms with Crippen molar-refractivity contribution in [2.24, 2.45) is 0 Å². The Kier molecular flexibility index (Phi) is 63.7. The summed E-state index contributed by atoms with van der Waals surface area (Å²) in [6.07, 6.45) is 87.2. The molecule has 0 bridgehead atoms. The third-order valence-corrected chi connectivity index (χ3v) is 15.0. The van der Waals surface area contributed by atoms with Crippen LogP contribution in [0.3, 0.4) is 0 Å². The lowest BCUT2D eigenvalue weighted by atomic mass is 10.0. The smallest absolute Gasteiger partial charge is 0.306 e. The zero-order valence-corrected chi connectivity index (χ0v) is 51.9. The molecule has 0 saturated heterocycles. The van der Waals surface area contributed by atoms with E-state index < -0.39 is 6.10 Å². The SMILES string of the molecule is CC/C=C\C/C=C\C/C=C\C/C=C\C/C=C\C/C=C\CCC(=O)OC(COC(=O)CCCCCCCC)COC(=O)CCCCCCCCCCCCCCCCCCCCCCCCCCCCCCCCCCCCC. The normalized spacial score (nSPS) is 12.5. The number of esters is 3. The topological polar surface area (TPSA) is 78.9 Å². The number of hydrogen-bond donors (Lipinski definition) is 0. The van der Waals surface area contributed by atoms with Gasteiger partial charge >= 0.3 is 17.9 Å². The molecule has 0 radical (unpaired) electrons. The molecule has 78 heavy (non-hydrogen) atoms. The Morgan fingerprint density at radius 2 is 0.500 bits per heavy atom. The third-order valence-electron chi connectivity index (χ3n) is 15.0. The van der Waals surface area contributed by atoms with E-state index in [-0.39, 0.29) is 37.5 Å². The lowest BCUT2D eigenvalue weighted by Gasteiger charge is -2.18. The van der Waals surface area contributed by atoms with Gasteiger partial charge in [0.1, 0.15) is 13.2 Å². The summed E-state index contributed by atoms with van der Waals surface area (Å²) in [5, 5.41) is 0. The summed E-state index contributed by atoms with van der Waals surface area (Å²) in [7, 11) is 0. The van der Waals surface area contributed by atoms with E-state index in [1.807, 2.05) is 6.08 Å². The summed E-state index contributed by atoms with van der Waals surface area (Å²) in [6, 6.07) is 0. The highest BCUT2D eigenvalue weighted by Crippen LogP contribution is 2.18. The Hall–Kier alpha value is -3.15. The largest absolute Gasteiger partial charge is 0.462 e. The fraction of sp³-hybridized carbons (Fsp3) is 0.792. The van der Waals surface area contributed by atoms with Crippen LogP contribution in [0.1, 0.15) is 348 Å². The van der Waals surface area contributed by atoms with Gasteiger partial charge in [-0.25, -0.2) is 0 Å². The summed E-state index contributed by atoms with van der Waals surface area (Å²) in [6.45, 7) is 6.44. The average Bonchev–Trinajstić information content (AvgIpc) is 3.44. The molecule has 0 rings (SSSR count). The molecule has 0 aliphatic carbocycles. The van der Waals surface area contributed by atoms with Crippen LogP contribution in [0, 0.1) is 0 Å². The molecule has 0 aliphatic rings. The lowest BCUT2D eigenvalue weighted by Crippen LogP contribution is -2.30. The molecule has 0 amide bonds. The fourth-order valence-corrected chi connectivity index (χ4v) is 9.94. The molecule has 0 spiro atoms. The Balaban J connectivity index is 3.97. The van der Waals surface area contributed by atoms with Gasteiger partial charge in [-0.05, 0) is 57.8 Å². The molecule has 0 heterocycles. The van der Waals surface area contributed by atoms with Crippen molar-refractivity contribution in [3.8, 4) is 0 Å². The van der Waals surface area contributed by atoms with Crippen molar-refractivity contribution in [2.45, 2.75) is 354 Å². The molecule has 1 atom stereocenters. The molecule has 0 fully saturated rings. The maximum atomic E-state index is 12.8. The highest BCUT2D eigenvalue weighted by molar-refractivity contribution is 5.71. The molecule has 0 aromatic carbocycles. The number of hydrogen-bond acceptors (Lipinski definition) is 6. The molecule has 6 nitrogen and oxygen atoms in total. The van der Waals surface area contributed by atoms with Crippen molar-refractivity contribution in [3.05, 3.63) is 72.9 Å². The summed E-state index contributed by atoms with van der Waals surface area (Å²) in [5.41, 5.74) is 0. The first kappa shape index (κ1) is 74.8. The first-order chi connectivity index (χ1) is 38.5. The van der Waals surface area contributed by atoms with Gasteiger partial charge in [0.05, 0.1) is 0 Å². The van der Waals surface area contributed by atoms with E-state index in [1.54, 1.807) is 0 Å². The molecule has 0 N–H and O–H groups in total. The molecular weight excluding hydrogens is 961 g/mol. The van der Waals surface area contributed by atoms with E-state index in [1.165, 1.54) is 225 Å². The van der Waals surface area contributed by atoms with Crippen LogP contribution in [-0.2, 0) is 28.6 Å². The molecule has 0 aliphatic heterocycles. The van der Waals surface area contributed by atoms with Crippen LogP contribution in [0.4, 0.5) is 0 Å². The van der Waals surface area contributed by atoms with Gasteiger partial charge in [-0.1, -0.05) is 344 Å². The second-order valence-electron chi connectivity index (χ2n) is 22.7. The van der Waals surface area contributed by atoms with E-state index in [9.17, 15) is 14.4 Å². The van der Waals surface area contributed by atoms with E-state index >= 15 is 0 Å². The molecule has 0 aromatic rings. The summed E-state index contributed by atoms with van der Waals surface area (Å²) in [5.74, 6) is -0.986. The standard InChI is InChI=1S/C72H128O6/c1-4-7-10-13-16-18-20-22-24-26-28-29-30-31-32-33-34-35-36-37-38-39-40-41-42-43-45-46-48-50-52-54-56-59-62-65-71(74)77-68-69(67-76-70(73)64-61-58-15-12-9-6-3)78-72(75)66-63-60-57-55-53-51-49-47-44-27-25-23-21-19-17-14-11-8-5-2/h8,11,17,19,23,25,44,47,51,53,57,60,69H,4-7,9-10,12-16,18,20-22,24,26-43,45-46,48-50,52,54-56,58-59,61-68H2,1-3H3/b11-8-,19-17-,25-23-,47-44-,53-51-,60-57-. The van der Waals surface area contributed by atoms with Crippen LogP contribution in [0.15, 0.2) is 72.9 Å². The Labute approximate surface area is 484 Å². The predicted octanol–water partition coefficient (Wildman–Crippen LogP) is 23.3. The monoisotopic (exact) mass is 1090 g/mol. The predicted molar refractivity (Wildman–Crippen MR) is 339 cm³/mol. The third kappa shape index (κ3) is 63.7. The summed E-state index contributed by atoms with van der Waals surface area (Å²) in [4.78, 5) is 37.9. The second-order valence-corrected chi connectivity index (χ2v) is 22.7. The maximum absolute atomic E-state index is 12.8. The number of unbranched alkanes of at least 4 members (excludes halogenated alkanes) is 39. The molecular formula is C72H128O6. The van der Waals surface area contributed by atoms with Gasteiger partial charge in [0.15, 0.2) is 6.10 Å². The van der Waals surface area contributed by atoms with Gasteiger partial charge in [-0.3, -0.25) is 14.4 Å². The van der Waals surface area contributed by atoms with Gasteiger partial charge in [0.2, 0.25) is 0 Å². The number of rotatable bonds is 62. The van der Waals surface area contributed by atoms with Crippen molar-refractivity contribution >= 4 is 17.9 Å². The Morgan fingerprint density at radius 1 is 0.269 bits per heavy atom. The summed E-state index contributed by atoms with van der Waals surface area (Å²) >= 11 is 0. The van der Waals surface area contributed by atoms with Gasteiger partial charge in [-0.2, -0.15) is 0 Å². The number of allylic oxidation sites excluding steroid dienone is 12. The van der Waals surface area contributed by atoms with Crippen LogP contribution < -0.4 is 0 Å². The lowest BCUT2D eigenvalue weighted by molar-refractivity contribution is -0.166. The highest BCUT2D eigenvalue weighted by atomic mass is 16.6. The van der Waals surface area contributed by atoms with Crippen LogP contribution in [0.2, 0.25) is 0 Å². The highest BCUT2D eigenvalue weighted by Gasteiger charge is 2.19. The minimum Gasteiger partial charge on any atom is -0.462 e. The van der Waals surface area contributed by atoms with E-state index in [2.05, 4.69) is 87.6 Å². The molecule has 1 unspecified atom stereocenters. The summed E-state index contributed by atoms with van der Waals surface area (Å²) < 4.78 is 16.7. The zero-order chi connectivity index (χ0) is 56.4. The van der Waals surface area contributed by atoms with Crippen molar-refractivity contribution in [2.75, 3.05) is 13.2 Å². The van der Waals surface area contributed by atoms with Crippen molar-refractivity contribution in [3.63, 3.8) is 0 Å². The molecule has 0 saturated carbocycles. The van der Waals surface area contributed by atoms with E-state index in [4.69, 9.17) is 14.2 Å². The Morgan fingerprint density at radius 3 is 0.756 bits per heavy atom. The number of carbonyl (C=O) groups excluding carboxylic acids is 3. The first-order valence-corrected chi connectivity index (χ1v) is 33.9. The van der Waals surface area contributed by atoms with Gasteiger partial charge in [-0.15, -0.1) is 0 Å². The Bertz CT molecular complexity index is 1440. The van der Waals surface area contributed by atoms with Crippen LogP contribution in [0.5, 0.6) is 0 Å². The molecule has 6 heteroatoms. The fourth-order valence-electron chi connectivity index (χ4n) is 9.94. The maximum Gasteiger partial charge on any atom is 0.306 e. The first-order valence-electron chi connectivity index (χ1n) is 33.9. The second kappa shape index (κ2) is 66.4. The van der Waals surface area contributed by atoms with Crippen LogP contribution in [-0.4, -0.2) is 37.2 Å². The molecule has 452 valence electrons. The number of ether oxygens (including phenoxy) is 3. The van der Waals surface area contributed by atoms with Crippen LogP contribution in [0.25, 0.3) is 0 Å². The van der Waals surface area contributed by atoms with Crippen LogP contribution >= 0.6 is 0 Å². The van der Waals surface area contributed by atoms with Gasteiger partial charge < -0.3 is 14.2 Å². The van der Waals surface area contributed by atoms with Crippen molar-refractivity contribution in [1.82, 2.24) is 0 Å². The zero-order valence-electron chi connectivity index (χ0n) is 51.9.